The zero-order valence-corrected chi connectivity index (χ0v) is 15.5. The third-order valence-electron chi connectivity index (χ3n) is 4.35. The van der Waals surface area contributed by atoms with Gasteiger partial charge in [0.1, 0.15) is 5.82 Å². The van der Waals surface area contributed by atoms with Gasteiger partial charge in [0.05, 0.1) is 11.0 Å². The van der Waals surface area contributed by atoms with E-state index < -0.39 is 0 Å². The van der Waals surface area contributed by atoms with E-state index in [0.29, 0.717) is 34.7 Å². The topological polar surface area (TPSA) is 60.7 Å². The third-order valence-corrected chi connectivity index (χ3v) is 4.59. The number of nitrogens with zero attached hydrogens (tertiary/aromatic N) is 4. The highest BCUT2D eigenvalue weighted by atomic mass is 35.5. The highest BCUT2D eigenvalue weighted by Gasteiger charge is 2.18. The Hall–Kier alpha value is -2.01. The summed E-state index contributed by atoms with van der Waals surface area (Å²) in [5, 5.41) is 0.611. The van der Waals surface area contributed by atoms with Gasteiger partial charge in [0.25, 0.3) is 0 Å². The second-order valence-corrected chi connectivity index (χ2v) is 6.72. The fourth-order valence-corrected chi connectivity index (χ4v) is 3.19. The van der Waals surface area contributed by atoms with Gasteiger partial charge in [-0.25, -0.2) is 19.5 Å². The molecule has 0 aliphatic rings. The predicted octanol–water partition coefficient (Wildman–Crippen LogP) is 5.20. The second-order valence-electron chi connectivity index (χ2n) is 6.28. The SMILES string of the molecule is CCCCCCCC(=O)n1c(CC)nc2nc3cc(Cl)ccc3nc21. The van der Waals surface area contributed by atoms with Gasteiger partial charge in [-0.05, 0) is 24.6 Å². The Morgan fingerprint density at radius 3 is 2.60 bits per heavy atom. The molecule has 25 heavy (non-hydrogen) atoms. The molecular formula is C19H23ClN4O. The van der Waals surface area contributed by atoms with Gasteiger partial charge in [0, 0.05) is 17.9 Å². The van der Waals surface area contributed by atoms with Crippen LogP contribution >= 0.6 is 11.6 Å². The van der Waals surface area contributed by atoms with Crippen molar-refractivity contribution in [2.24, 2.45) is 0 Å². The highest BCUT2D eigenvalue weighted by Crippen LogP contribution is 2.21. The Bertz CT molecular complexity index is 903. The average molecular weight is 359 g/mol. The predicted molar refractivity (Wildman–Crippen MR) is 101 cm³/mol. The number of hydrogen-bond donors (Lipinski definition) is 0. The van der Waals surface area contributed by atoms with Crippen molar-refractivity contribution < 1.29 is 4.79 Å². The van der Waals surface area contributed by atoms with Crippen LogP contribution in [0.1, 0.15) is 63.0 Å². The fraction of sp³-hybridized carbons (Fsp3) is 0.474. The quantitative estimate of drug-likeness (QED) is 0.545. The first-order chi connectivity index (χ1) is 12.1. The second kappa shape index (κ2) is 7.91. The van der Waals surface area contributed by atoms with Crippen molar-refractivity contribution in [3.8, 4) is 0 Å². The van der Waals surface area contributed by atoms with Gasteiger partial charge in [-0.3, -0.25) is 4.79 Å². The number of aryl methyl sites for hydroxylation is 1. The molecule has 0 bridgehead atoms. The van der Waals surface area contributed by atoms with Gasteiger partial charge >= 0.3 is 0 Å². The van der Waals surface area contributed by atoms with Crippen molar-refractivity contribution in [2.45, 2.75) is 58.8 Å². The molecule has 0 saturated heterocycles. The van der Waals surface area contributed by atoms with Gasteiger partial charge in [-0.1, -0.05) is 51.1 Å². The minimum atomic E-state index is 0.0541. The molecule has 5 nitrogen and oxygen atoms in total. The molecule has 3 aromatic rings. The number of fused-ring (bicyclic) bond motifs is 2. The molecule has 2 aromatic heterocycles. The standard InChI is InChI=1S/C19H23ClN4O/c1-3-5-6-7-8-9-17(25)24-16(4-2)23-18-19(24)22-14-11-10-13(20)12-15(14)21-18/h10-12H,3-9H2,1-2H3. The van der Waals surface area contributed by atoms with Crippen LogP contribution in [0, 0.1) is 0 Å². The number of benzene rings is 1. The maximum atomic E-state index is 12.8. The van der Waals surface area contributed by atoms with Crippen LogP contribution in [0.4, 0.5) is 0 Å². The number of imidazole rings is 1. The number of rotatable bonds is 7. The average Bonchev–Trinajstić information content (AvgIpc) is 2.96. The van der Waals surface area contributed by atoms with Crippen LogP contribution in [0.2, 0.25) is 5.02 Å². The molecule has 0 atom stereocenters. The van der Waals surface area contributed by atoms with Gasteiger partial charge in [0.15, 0.2) is 11.3 Å². The summed E-state index contributed by atoms with van der Waals surface area (Å²) in [5.41, 5.74) is 2.46. The lowest BCUT2D eigenvalue weighted by molar-refractivity contribution is 0.0900. The van der Waals surface area contributed by atoms with E-state index in [-0.39, 0.29) is 5.91 Å². The first-order valence-electron chi connectivity index (χ1n) is 9.01. The number of unbranched alkanes of at least 4 members (excludes halogenated alkanes) is 4. The molecule has 0 radical (unpaired) electrons. The van der Waals surface area contributed by atoms with Crippen LogP contribution in [-0.4, -0.2) is 25.4 Å². The summed E-state index contributed by atoms with van der Waals surface area (Å²) < 4.78 is 1.65. The van der Waals surface area contributed by atoms with Crippen molar-refractivity contribution >= 4 is 39.8 Å². The van der Waals surface area contributed by atoms with Gasteiger partial charge < -0.3 is 0 Å². The number of aromatic nitrogens is 4. The lowest BCUT2D eigenvalue weighted by atomic mass is 10.1. The van der Waals surface area contributed by atoms with Crippen molar-refractivity contribution in [1.29, 1.82) is 0 Å². The molecule has 0 aliphatic heterocycles. The van der Waals surface area contributed by atoms with Crippen LogP contribution < -0.4 is 0 Å². The molecule has 0 saturated carbocycles. The Labute approximate surface area is 152 Å². The van der Waals surface area contributed by atoms with E-state index in [4.69, 9.17) is 11.6 Å². The Morgan fingerprint density at radius 2 is 1.84 bits per heavy atom. The van der Waals surface area contributed by atoms with E-state index in [1.165, 1.54) is 19.3 Å². The molecule has 0 amide bonds. The summed E-state index contributed by atoms with van der Waals surface area (Å²) in [6.45, 7) is 4.18. The Morgan fingerprint density at radius 1 is 1.04 bits per heavy atom. The minimum Gasteiger partial charge on any atom is -0.274 e. The lowest BCUT2D eigenvalue weighted by Crippen LogP contribution is -2.14. The van der Waals surface area contributed by atoms with Gasteiger partial charge in [0.2, 0.25) is 5.91 Å². The van der Waals surface area contributed by atoms with E-state index in [9.17, 15) is 4.79 Å². The van der Waals surface area contributed by atoms with Crippen LogP contribution in [0.3, 0.4) is 0 Å². The fourth-order valence-electron chi connectivity index (χ4n) is 3.02. The third kappa shape index (κ3) is 3.82. The molecule has 0 N–H and O–H groups in total. The first kappa shape index (κ1) is 17.8. The maximum absolute atomic E-state index is 12.8. The summed E-state index contributed by atoms with van der Waals surface area (Å²) in [4.78, 5) is 26.4. The molecule has 132 valence electrons. The van der Waals surface area contributed by atoms with Gasteiger partial charge in [-0.2, -0.15) is 0 Å². The lowest BCUT2D eigenvalue weighted by Gasteiger charge is -2.06. The summed E-state index contributed by atoms with van der Waals surface area (Å²) in [6.07, 6.45) is 6.77. The molecule has 1 aromatic carbocycles. The van der Waals surface area contributed by atoms with Crippen molar-refractivity contribution in [3.63, 3.8) is 0 Å². The Balaban J connectivity index is 1.92. The molecule has 0 aliphatic carbocycles. The van der Waals surface area contributed by atoms with Crippen LogP contribution in [0.5, 0.6) is 0 Å². The van der Waals surface area contributed by atoms with Crippen LogP contribution in [0.25, 0.3) is 22.3 Å². The summed E-state index contributed by atoms with van der Waals surface area (Å²) >= 11 is 6.03. The summed E-state index contributed by atoms with van der Waals surface area (Å²) in [7, 11) is 0. The molecule has 0 spiro atoms. The number of halogens is 1. The number of hydrogen-bond acceptors (Lipinski definition) is 4. The summed E-state index contributed by atoms with van der Waals surface area (Å²) in [5.74, 6) is 0.772. The first-order valence-corrected chi connectivity index (χ1v) is 9.39. The van der Waals surface area contributed by atoms with Crippen LogP contribution in [0.15, 0.2) is 18.2 Å². The molecule has 6 heteroatoms. The highest BCUT2D eigenvalue weighted by molar-refractivity contribution is 6.31. The zero-order valence-electron chi connectivity index (χ0n) is 14.8. The minimum absolute atomic E-state index is 0.0541. The van der Waals surface area contributed by atoms with E-state index >= 15 is 0 Å². The van der Waals surface area contributed by atoms with Crippen molar-refractivity contribution in [1.82, 2.24) is 19.5 Å². The molecule has 0 fully saturated rings. The van der Waals surface area contributed by atoms with E-state index in [0.717, 1.165) is 24.2 Å². The summed E-state index contributed by atoms with van der Waals surface area (Å²) in [6, 6.07) is 5.37. The van der Waals surface area contributed by atoms with Crippen molar-refractivity contribution in [3.05, 3.63) is 29.0 Å². The zero-order chi connectivity index (χ0) is 17.8. The van der Waals surface area contributed by atoms with E-state index in [2.05, 4.69) is 21.9 Å². The molecular weight excluding hydrogens is 336 g/mol. The molecule has 2 heterocycles. The maximum Gasteiger partial charge on any atom is 0.233 e. The number of carbonyl (C=O) groups is 1. The Kier molecular flexibility index (Phi) is 5.63. The monoisotopic (exact) mass is 358 g/mol. The van der Waals surface area contributed by atoms with Gasteiger partial charge in [-0.15, -0.1) is 0 Å². The molecule has 3 rings (SSSR count). The smallest absolute Gasteiger partial charge is 0.233 e. The van der Waals surface area contributed by atoms with E-state index in [1.807, 2.05) is 13.0 Å². The normalized spacial score (nSPS) is 11.5. The van der Waals surface area contributed by atoms with Crippen molar-refractivity contribution in [2.75, 3.05) is 0 Å². The van der Waals surface area contributed by atoms with E-state index in [1.54, 1.807) is 16.7 Å². The van der Waals surface area contributed by atoms with Crippen LogP contribution in [-0.2, 0) is 6.42 Å². The number of carbonyl (C=O) groups excluding carboxylic acids is 1. The largest absolute Gasteiger partial charge is 0.274 e. The molecule has 0 unspecified atom stereocenters.